The molecule has 7 nitrogen and oxygen atoms in total. The number of carbonyl (C=O) groups excluding carboxylic acids is 1. The van der Waals surface area contributed by atoms with Crippen LogP contribution in [-0.4, -0.2) is 33.4 Å². The number of anilines is 1. The van der Waals surface area contributed by atoms with Crippen molar-refractivity contribution in [2.45, 2.75) is 39.7 Å². The van der Waals surface area contributed by atoms with Gasteiger partial charge in [-0.3, -0.25) is 0 Å². The Bertz CT molecular complexity index is 697. The molecule has 0 radical (unpaired) electrons. The molecule has 24 heavy (non-hydrogen) atoms. The van der Waals surface area contributed by atoms with Crippen LogP contribution in [0.2, 0.25) is 0 Å². The Morgan fingerprint density at radius 3 is 2.83 bits per heavy atom. The minimum Gasteiger partial charge on any atom is -0.388 e. The molecule has 1 aromatic carbocycles. The van der Waals surface area contributed by atoms with E-state index in [1.165, 1.54) is 0 Å². The third-order valence-electron chi connectivity index (χ3n) is 4.19. The molecule has 0 saturated heterocycles. The Balaban J connectivity index is 1.97. The number of rotatable bonds is 6. The van der Waals surface area contributed by atoms with E-state index in [4.69, 9.17) is 4.52 Å². The van der Waals surface area contributed by atoms with Crippen molar-refractivity contribution in [1.82, 2.24) is 15.5 Å². The monoisotopic (exact) mass is 332 g/mol. The summed E-state index contributed by atoms with van der Waals surface area (Å²) in [6.45, 7) is 7.58. The van der Waals surface area contributed by atoms with Gasteiger partial charge in [-0.15, -0.1) is 0 Å². The second-order valence-corrected chi connectivity index (χ2v) is 6.19. The summed E-state index contributed by atoms with van der Waals surface area (Å²) >= 11 is 0. The molecular formula is C17H24N4O3. The topological polar surface area (TPSA) is 100 Å². The summed E-state index contributed by atoms with van der Waals surface area (Å²) in [5, 5.41) is 19.6. The molecule has 0 aliphatic carbocycles. The number of nitrogens with one attached hydrogen (secondary N) is 2. The van der Waals surface area contributed by atoms with E-state index in [1.54, 1.807) is 32.0 Å². The standard InChI is InChI=1S/C17H24N4O3/c1-5-11(2)17(4,23)10-18-16(22)20-14-8-6-7-13(9-14)15-19-12(3)24-21-15/h6-9,11,23H,5,10H2,1-4H3,(H2,18,20,22). The van der Waals surface area contributed by atoms with Gasteiger partial charge in [-0.1, -0.05) is 37.6 Å². The van der Waals surface area contributed by atoms with Crippen LogP contribution in [-0.2, 0) is 0 Å². The Morgan fingerprint density at radius 1 is 1.46 bits per heavy atom. The number of carbonyl (C=O) groups is 1. The molecule has 0 aliphatic heterocycles. The van der Waals surface area contributed by atoms with E-state index >= 15 is 0 Å². The molecule has 0 fully saturated rings. The normalized spacial score (nSPS) is 14.7. The van der Waals surface area contributed by atoms with Crippen molar-refractivity contribution in [3.63, 3.8) is 0 Å². The first-order chi connectivity index (χ1) is 11.3. The Hall–Kier alpha value is -2.41. The van der Waals surface area contributed by atoms with Crippen molar-refractivity contribution < 1.29 is 14.4 Å². The number of urea groups is 1. The van der Waals surface area contributed by atoms with Crippen molar-refractivity contribution in [3.8, 4) is 11.4 Å². The van der Waals surface area contributed by atoms with Crippen molar-refractivity contribution >= 4 is 11.7 Å². The number of aliphatic hydroxyl groups is 1. The second-order valence-electron chi connectivity index (χ2n) is 6.19. The van der Waals surface area contributed by atoms with Crippen LogP contribution in [0, 0.1) is 12.8 Å². The van der Waals surface area contributed by atoms with E-state index < -0.39 is 5.60 Å². The zero-order valence-electron chi connectivity index (χ0n) is 14.5. The molecule has 2 aromatic rings. The number of aryl methyl sites for hydroxylation is 1. The predicted octanol–water partition coefficient (Wildman–Crippen LogP) is 2.96. The molecule has 130 valence electrons. The van der Waals surface area contributed by atoms with Crippen LogP contribution >= 0.6 is 0 Å². The van der Waals surface area contributed by atoms with E-state index in [2.05, 4.69) is 20.8 Å². The van der Waals surface area contributed by atoms with Gasteiger partial charge in [0.05, 0.1) is 5.60 Å². The summed E-state index contributed by atoms with van der Waals surface area (Å²) in [7, 11) is 0. The smallest absolute Gasteiger partial charge is 0.319 e. The van der Waals surface area contributed by atoms with E-state index in [0.717, 1.165) is 12.0 Å². The molecular weight excluding hydrogens is 308 g/mol. The Morgan fingerprint density at radius 2 is 2.21 bits per heavy atom. The summed E-state index contributed by atoms with van der Waals surface area (Å²) in [6, 6.07) is 6.78. The van der Waals surface area contributed by atoms with Crippen LogP contribution in [0.4, 0.5) is 10.5 Å². The largest absolute Gasteiger partial charge is 0.388 e. The van der Waals surface area contributed by atoms with E-state index in [1.807, 2.05) is 19.9 Å². The molecule has 0 spiro atoms. The van der Waals surface area contributed by atoms with Gasteiger partial charge < -0.3 is 20.3 Å². The molecule has 7 heteroatoms. The van der Waals surface area contributed by atoms with Gasteiger partial charge in [0.1, 0.15) is 0 Å². The Kier molecular flexibility index (Phi) is 5.56. The zero-order chi connectivity index (χ0) is 17.7. The molecule has 1 aromatic heterocycles. The summed E-state index contributed by atoms with van der Waals surface area (Å²) in [5.74, 6) is 1.03. The zero-order valence-corrected chi connectivity index (χ0v) is 14.5. The quantitative estimate of drug-likeness (QED) is 0.755. The molecule has 0 aliphatic rings. The lowest BCUT2D eigenvalue weighted by Crippen LogP contribution is -2.46. The predicted molar refractivity (Wildman–Crippen MR) is 91.6 cm³/mol. The number of benzene rings is 1. The Labute approximate surface area is 141 Å². The maximum atomic E-state index is 12.0. The third-order valence-corrected chi connectivity index (χ3v) is 4.19. The molecule has 2 rings (SSSR count). The summed E-state index contributed by atoms with van der Waals surface area (Å²) in [6.07, 6.45) is 0.836. The number of hydrogen-bond acceptors (Lipinski definition) is 5. The summed E-state index contributed by atoms with van der Waals surface area (Å²) in [4.78, 5) is 16.2. The molecule has 2 atom stereocenters. The van der Waals surface area contributed by atoms with Gasteiger partial charge >= 0.3 is 6.03 Å². The van der Waals surface area contributed by atoms with Gasteiger partial charge in [-0.05, 0) is 25.0 Å². The lowest BCUT2D eigenvalue weighted by molar-refractivity contribution is 0.00827. The van der Waals surface area contributed by atoms with E-state index in [-0.39, 0.29) is 18.5 Å². The molecule has 3 N–H and O–H groups in total. The van der Waals surface area contributed by atoms with Gasteiger partial charge in [0.15, 0.2) is 0 Å². The van der Waals surface area contributed by atoms with Gasteiger partial charge in [-0.25, -0.2) is 4.79 Å². The molecule has 0 bridgehead atoms. The van der Waals surface area contributed by atoms with Gasteiger partial charge in [0.2, 0.25) is 11.7 Å². The fourth-order valence-electron chi connectivity index (χ4n) is 2.20. The first kappa shape index (κ1) is 17.9. The molecule has 1 heterocycles. The van der Waals surface area contributed by atoms with E-state index in [0.29, 0.717) is 17.4 Å². The molecule has 0 saturated carbocycles. The highest BCUT2D eigenvalue weighted by atomic mass is 16.5. The van der Waals surface area contributed by atoms with Crippen molar-refractivity contribution in [3.05, 3.63) is 30.2 Å². The van der Waals surface area contributed by atoms with Crippen LogP contribution in [0.1, 0.15) is 33.1 Å². The van der Waals surface area contributed by atoms with Crippen LogP contribution in [0.5, 0.6) is 0 Å². The van der Waals surface area contributed by atoms with Gasteiger partial charge in [0, 0.05) is 24.7 Å². The van der Waals surface area contributed by atoms with Crippen LogP contribution in [0.15, 0.2) is 28.8 Å². The second kappa shape index (κ2) is 7.44. The fourth-order valence-corrected chi connectivity index (χ4v) is 2.20. The van der Waals surface area contributed by atoms with Crippen LogP contribution in [0.3, 0.4) is 0 Å². The average Bonchev–Trinajstić information content (AvgIpc) is 2.99. The number of amides is 2. The SMILES string of the molecule is CCC(C)C(C)(O)CNC(=O)Nc1cccc(-c2noc(C)n2)c1. The van der Waals surface area contributed by atoms with Gasteiger partial charge in [-0.2, -0.15) is 4.98 Å². The lowest BCUT2D eigenvalue weighted by Gasteiger charge is -2.29. The minimum atomic E-state index is -0.948. The lowest BCUT2D eigenvalue weighted by atomic mass is 9.89. The number of aromatic nitrogens is 2. The highest BCUT2D eigenvalue weighted by Gasteiger charge is 2.27. The van der Waals surface area contributed by atoms with Crippen molar-refractivity contribution in [1.29, 1.82) is 0 Å². The summed E-state index contributed by atoms with van der Waals surface area (Å²) in [5.41, 5.74) is 0.405. The van der Waals surface area contributed by atoms with Crippen molar-refractivity contribution in [2.75, 3.05) is 11.9 Å². The number of nitrogens with zero attached hydrogens (tertiary/aromatic N) is 2. The maximum absolute atomic E-state index is 12.0. The number of hydrogen-bond donors (Lipinski definition) is 3. The fraction of sp³-hybridized carbons (Fsp3) is 0.471. The van der Waals surface area contributed by atoms with Crippen molar-refractivity contribution in [2.24, 2.45) is 5.92 Å². The first-order valence-electron chi connectivity index (χ1n) is 8.00. The van der Waals surface area contributed by atoms with E-state index in [9.17, 15) is 9.90 Å². The molecule has 2 unspecified atom stereocenters. The molecule has 2 amide bonds. The van der Waals surface area contributed by atoms with Crippen LogP contribution < -0.4 is 10.6 Å². The van der Waals surface area contributed by atoms with Crippen LogP contribution in [0.25, 0.3) is 11.4 Å². The minimum absolute atomic E-state index is 0.0857. The highest BCUT2D eigenvalue weighted by molar-refractivity contribution is 5.89. The first-order valence-corrected chi connectivity index (χ1v) is 8.00. The highest BCUT2D eigenvalue weighted by Crippen LogP contribution is 2.21. The summed E-state index contributed by atoms with van der Waals surface area (Å²) < 4.78 is 4.96. The third kappa shape index (κ3) is 4.55. The average molecular weight is 332 g/mol. The maximum Gasteiger partial charge on any atom is 0.319 e. The van der Waals surface area contributed by atoms with Gasteiger partial charge in [0.25, 0.3) is 0 Å².